The Labute approximate surface area is 113 Å². The lowest BCUT2D eigenvalue weighted by atomic mass is 10.1. The molecule has 0 bridgehead atoms. The number of hydrogen-bond donors (Lipinski definition) is 1. The van der Waals surface area contributed by atoms with Gasteiger partial charge in [-0.2, -0.15) is 0 Å². The Kier molecular flexibility index (Phi) is 5.11. The highest BCUT2D eigenvalue weighted by molar-refractivity contribution is 6.30. The van der Waals surface area contributed by atoms with E-state index in [1.807, 2.05) is 27.7 Å². The van der Waals surface area contributed by atoms with Gasteiger partial charge >= 0.3 is 0 Å². The first-order valence-electron chi connectivity index (χ1n) is 5.91. The number of ether oxygens (including phenoxy) is 1. The van der Waals surface area contributed by atoms with Gasteiger partial charge in [0.1, 0.15) is 6.10 Å². The molecule has 4 nitrogen and oxygen atoms in total. The number of nitrogens with one attached hydrogen (secondary N) is 1. The third-order valence-electron chi connectivity index (χ3n) is 2.13. The molecule has 0 aliphatic heterocycles. The molecule has 5 heteroatoms. The number of anilines is 1. The molecule has 0 aliphatic rings. The van der Waals surface area contributed by atoms with Crippen LogP contribution in [-0.4, -0.2) is 22.6 Å². The van der Waals surface area contributed by atoms with Gasteiger partial charge in [-0.05, 0) is 33.3 Å². The second-order valence-electron chi connectivity index (χ2n) is 5.01. The van der Waals surface area contributed by atoms with E-state index in [9.17, 15) is 4.79 Å². The maximum atomic E-state index is 12.0. The van der Waals surface area contributed by atoms with Gasteiger partial charge in [-0.15, -0.1) is 0 Å². The normalized spacial score (nSPS) is 13.2. The Morgan fingerprint density at radius 1 is 1.50 bits per heavy atom. The summed E-state index contributed by atoms with van der Waals surface area (Å²) in [6, 6.07) is 1.65. The molecule has 0 saturated heterocycles. The summed E-state index contributed by atoms with van der Waals surface area (Å²) in [5, 5.41) is 3.23. The molecule has 1 rings (SSSR count). The third kappa shape index (κ3) is 5.02. The SMILES string of the molecule is CCC(OC(C)(C)C)C(=O)Nc1cncc(Cl)c1. The molecular formula is C13H19ClN2O2. The van der Waals surface area contributed by atoms with Gasteiger partial charge in [0, 0.05) is 6.20 Å². The fraction of sp³-hybridized carbons (Fsp3) is 0.538. The van der Waals surface area contributed by atoms with Crippen LogP contribution in [0.3, 0.4) is 0 Å². The number of hydrogen-bond acceptors (Lipinski definition) is 3. The minimum Gasteiger partial charge on any atom is -0.363 e. The fourth-order valence-electron chi connectivity index (χ4n) is 1.45. The summed E-state index contributed by atoms with van der Waals surface area (Å²) in [4.78, 5) is 15.9. The number of aromatic nitrogens is 1. The lowest BCUT2D eigenvalue weighted by Gasteiger charge is -2.26. The topological polar surface area (TPSA) is 51.2 Å². The van der Waals surface area contributed by atoms with Crippen LogP contribution >= 0.6 is 11.6 Å². The summed E-state index contributed by atoms with van der Waals surface area (Å²) < 4.78 is 5.69. The minimum absolute atomic E-state index is 0.184. The highest BCUT2D eigenvalue weighted by atomic mass is 35.5. The number of pyridine rings is 1. The van der Waals surface area contributed by atoms with E-state index in [4.69, 9.17) is 16.3 Å². The van der Waals surface area contributed by atoms with E-state index in [2.05, 4.69) is 10.3 Å². The first-order chi connectivity index (χ1) is 8.31. The Balaban J connectivity index is 2.68. The predicted molar refractivity (Wildman–Crippen MR) is 72.8 cm³/mol. The quantitative estimate of drug-likeness (QED) is 0.914. The molecule has 0 fully saturated rings. The van der Waals surface area contributed by atoms with E-state index < -0.39 is 6.10 Å². The van der Waals surface area contributed by atoms with E-state index >= 15 is 0 Å². The van der Waals surface area contributed by atoms with Crippen molar-refractivity contribution in [1.82, 2.24) is 4.98 Å². The van der Waals surface area contributed by atoms with Crippen molar-refractivity contribution in [2.75, 3.05) is 5.32 Å². The van der Waals surface area contributed by atoms with Crippen LogP contribution in [0.2, 0.25) is 5.02 Å². The Hall–Kier alpha value is -1.13. The summed E-state index contributed by atoms with van der Waals surface area (Å²) >= 11 is 5.80. The van der Waals surface area contributed by atoms with Gasteiger partial charge in [-0.3, -0.25) is 9.78 Å². The van der Waals surface area contributed by atoms with Gasteiger partial charge in [0.25, 0.3) is 5.91 Å². The fourth-order valence-corrected chi connectivity index (χ4v) is 1.63. The first-order valence-corrected chi connectivity index (χ1v) is 6.29. The van der Waals surface area contributed by atoms with Crippen molar-refractivity contribution in [2.45, 2.75) is 45.8 Å². The number of rotatable bonds is 4. The molecule has 1 N–H and O–H groups in total. The number of halogens is 1. The largest absolute Gasteiger partial charge is 0.363 e. The molecule has 18 heavy (non-hydrogen) atoms. The smallest absolute Gasteiger partial charge is 0.253 e. The van der Waals surface area contributed by atoms with E-state index in [1.54, 1.807) is 12.3 Å². The molecule has 1 aromatic rings. The maximum Gasteiger partial charge on any atom is 0.253 e. The zero-order chi connectivity index (χ0) is 13.8. The summed E-state index contributed by atoms with van der Waals surface area (Å²) in [6.45, 7) is 7.67. The standard InChI is InChI=1S/C13H19ClN2O2/c1-5-11(18-13(2,3)4)12(17)16-10-6-9(14)7-15-8-10/h6-8,11H,5H2,1-4H3,(H,16,17). The van der Waals surface area contributed by atoms with Gasteiger partial charge in [0.2, 0.25) is 0 Å². The van der Waals surface area contributed by atoms with Crippen molar-refractivity contribution < 1.29 is 9.53 Å². The molecule has 0 radical (unpaired) electrons. The molecule has 1 atom stereocenters. The van der Waals surface area contributed by atoms with Gasteiger partial charge in [-0.1, -0.05) is 18.5 Å². The van der Waals surface area contributed by atoms with Gasteiger partial charge < -0.3 is 10.1 Å². The van der Waals surface area contributed by atoms with Crippen LogP contribution in [0.5, 0.6) is 0 Å². The maximum absolute atomic E-state index is 12.0. The third-order valence-corrected chi connectivity index (χ3v) is 2.34. The highest BCUT2D eigenvalue weighted by Crippen LogP contribution is 2.17. The predicted octanol–water partition coefficient (Wildman–Crippen LogP) is 3.27. The average molecular weight is 271 g/mol. The van der Waals surface area contributed by atoms with Crippen molar-refractivity contribution >= 4 is 23.2 Å². The Morgan fingerprint density at radius 2 is 2.17 bits per heavy atom. The molecule has 100 valence electrons. The summed E-state index contributed by atoms with van der Waals surface area (Å²) in [7, 11) is 0. The molecule has 1 aromatic heterocycles. The second kappa shape index (κ2) is 6.16. The van der Waals surface area contributed by atoms with Crippen LogP contribution in [0.15, 0.2) is 18.5 Å². The lowest BCUT2D eigenvalue weighted by molar-refractivity contribution is -0.137. The number of nitrogens with zero attached hydrogens (tertiary/aromatic N) is 1. The van der Waals surface area contributed by atoms with Crippen molar-refractivity contribution in [1.29, 1.82) is 0 Å². The van der Waals surface area contributed by atoms with Crippen LogP contribution in [0.1, 0.15) is 34.1 Å². The molecular weight excluding hydrogens is 252 g/mol. The zero-order valence-electron chi connectivity index (χ0n) is 11.2. The van der Waals surface area contributed by atoms with E-state index in [-0.39, 0.29) is 11.5 Å². The molecule has 0 aliphatic carbocycles. The van der Waals surface area contributed by atoms with Gasteiger partial charge in [-0.25, -0.2) is 0 Å². The molecule has 1 amide bonds. The zero-order valence-corrected chi connectivity index (χ0v) is 11.9. The molecule has 0 spiro atoms. The lowest BCUT2D eigenvalue weighted by Crippen LogP contribution is -2.36. The number of carbonyl (C=O) groups is 1. The van der Waals surface area contributed by atoms with Crippen LogP contribution < -0.4 is 5.32 Å². The van der Waals surface area contributed by atoms with Gasteiger partial charge in [0.05, 0.1) is 22.5 Å². The second-order valence-corrected chi connectivity index (χ2v) is 5.44. The summed E-state index contributed by atoms with van der Waals surface area (Å²) in [5.41, 5.74) is 0.216. The van der Waals surface area contributed by atoms with E-state index in [1.165, 1.54) is 6.20 Å². The molecule has 0 aromatic carbocycles. The van der Waals surface area contributed by atoms with Crippen molar-refractivity contribution in [3.8, 4) is 0 Å². The first kappa shape index (κ1) is 14.9. The number of carbonyl (C=O) groups excluding carboxylic acids is 1. The number of amides is 1. The Bertz CT molecular complexity index is 416. The minimum atomic E-state index is -0.482. The van der Waals surface area contributed by atoms with Crippen LogP contribution in [0, 0.1) is 0 Å². The molecule has 0 saturated carbocycles. The van der Waals surface area contributed by atoms with Gasteiger partial charge in [0.15, 0.2) is 0 Å². The molecule has 1 unspecified atom stereocenters. The van der Waals surface area contributed by atoms with E-state index in [0.29, 0.717) is 17.1 Å². The van der Waals surface area contributed by atoms with Crippen LogP contribution in [0.25, 0.3) is 0 Å². The Morgan fingerprint density at radius 3 is 2.67 bits per heavy atom. The molecule has 1 heterocycles. The van der Waals surface area contributed by atoms with Crippen molar-refractivity contribution in [3.05, 3.63) is 23.5 Å². The average Bonchev–Trinajstić information content (AvgIpc) is 2.24. The summed E-state index contributed by atoms with van der Waals surface area (Å²) in [6.07, 6.45) is 3.19. The van der Waals surface area contributed by atoms with Crippen molar-refractivity contribution in [2.24, 2.45) is 0 Å². The highest BCUT2D eigenvalue weighted by Gasteiger charge is 2.23. The van der Waals surface area contributed by atoms with E-state index in [0.717, 1.165) is 0 Å². The summed E-state index contributed by atoms with van der Waals surface area (Å²) in [5.74, 6) is -0.184. The monoisotopic (exact) mass is 270 g/mol. The van der Waals surface area contributed by atoms with Crippen LogP contribution in [0.4, 0.5) is 5.69 Å². The van der Waals surface area contributed by atoms with Crippen LogP contribution in [-0.2, 0) is 9.53 Å². The van der Waals surface area contributed by atoms with Crippen molar-refractivity contribution in [3.63, 3.8) is 0 Å².